The number of carbonyl (C=O) groups excluding carboxylic acids is 1. The number of nitrogens with one attached hydrogen (secondary N) is 1. The largest absolute Gasteiger partial charge is 0.352 e. The fraction of sp³-hybridized carbons (Fsp3) is 0.364. The van der Waals surface area contributed by atoms with Crippen LogP contribution in [0.1, 0.15) is 16.8 Å². The number of hydrogen-bond donors (Lipinski definition) is 1. The zero-order chi connectivity index (χ0) is 11.1. The first-order chi connectivity index (χ1) is 7.24. The van der Waals surface area contributed by atoms with Gasteiger partial charge in [-0.25, -0.2) is 0 Å². The van der Waals surface area contributed by atoms with Gasteiger partial charge in [-0.3, -0.25) is 4.79 Å². The van der Waals surface area contributed by atoms with Gasteiger partial charge < -0.3 is 5.32 Å². The van der Waals surface area contributed by atoms with Crippen molar-refractivity contribution in [2.45, 2.75) is 6.42 Å². The molecule has 1 aromatic carbocycles. The average Bonchev–Trinajstić information content (AvgIpc) is 2.24. The SMILES string of the molecule is CSCCCNC(=O)c1cccc(Br)c1. The zero-order valence-electron chi connectivity index (χ0n) is 8.63. The molecule has 0 radical (unpaired) electrons. The van der Waals surface area contributed by atoms with E-state index in [1.807, 2.05) is 24.3 Å². The van der Waals surface area contributed by atoms with Crippen LogP contribution in [0.5, 0.6) is 0 Å². The van der Waals surface area contributed by atoms with Crippen molar-refractivity contribution in [3.63, 3.8) is 0 Å². The lowest BCUT2D eigenvalue weighted by atomic mass is 10.2. The molecule has 1 rings (SSSR count). The molecule has 2 nitrogen and oxygen atoms in total. The van der Waals surface area contributed by atoms with Crippen LogP contribution < -0.4 is 5.32 Å². The van der Waals surface area contributed by atoms with Crippen LogP contribution >= 0.6 is 27.7 Å². The zero-order valence-corrected chi connectivity index (χ0v) is 11.0. The summed E-state index contributed by atoms with van der Waals surface area (Å²) < 4.78 is 0.930. The third kappa shape index (κ3) is 4.71. The molecule has 0 spiro atoms. The molecule has 1 amide bonds. The molecule has 0 aliphatic heterocycles. The van der Waals surface area contributed by atoms with Crippen LogP contribution in [0.25, 0.3) is 0 Å². The summed E-state index contributed by atoms with van der Waals surface area (Å²) in [6, 6.07) is 7.41. The summed E-state index contributed by atoms with van der Waals surface area (Å²) in [5, 5.41) is 2.89. The normalized spacial score (nSPS) is 10.0. The Bertz CT molecular complexity index is 330. The van der Waals surface area contributed by atoms with Gasteiger partial charge >= 0.3 is 0 Å². The maximum absolute atomic E-state index is 11.6. The Labute approximate surface area is 103 Å². The van der Waals surface area contributed by atoms with Crippen molar-refractivity contribution in [3.8, 4) is 0 Å². The smallest absolute Gasteiger partial charge is 0.251 e. The lowest BCUT2D eigenvalue weighted by molar-refractivity contribution is 0.0953. The highest BCUT2D eigenvalue weighted by molar-refractivity contribution is 9.10. The van der Waals surface area contributed by atoms with E-state index in [-0.39, 0.29) is 5.91 Å². The molecule has 0 fully saturated rings. The highest BCUT2D eigenvalue weighted by atomic mass is 79.9. The highest BCUT2D eigenvalue weighted by Gasteiger charge is 2.03. The van der Waals surface area contributed by atoms with Crippen molar-refractivity contribution in [2.24, 2.45) is 0 Å². The van der Waals surface area contributed by atoms with E-state index in [0.29, 0.717) is 5.56 Å². The third-order valence-corrected chi connectivity index (χ3v) is 3.09. The van der Waals surface area contributed by atoms with E-state index in [2.05, 4.69) is 27.5 Å². The van der Waals surface area contributed by atoms with Crippen molar-refractivity contribution < 1.29 is 4.79 Å². The first kappa shape index (κ1) is 12.6. The molecule has 82 valence electrons. The van der Waals surface area contributed by atoms with Crippen LogP contribution in [-0.4, -0.2) is 24.5 Å². The predicted molar refractivity (Wildman–Crippen MR) is 69.5 cm³/mol. The van der Waals surface area contributed by atoms with Gasteiger partial charge in [0, 0.05) is 16.6 Å². The predicted octanol–water partition coefficient (Wildman–Crippen LogP) is 2.93. The van der Waals surface area contributed by atoms with Crippen molar-refractivity contribution in [1.29, 1.82) is 0 Å². The van der Waals surface area contributed by atoms with Gasteiger partial charge in [0.2, 0.25) is 0 Å². The number of benzene rings is 1. The Balaban J connectivity index is 2.40. The summed E-state index contributed by atoms with van der Waals surface area (Å²) in [6.07, 6.45) is 3.08. The molecule has 0 aliphatic carbocycles. The quantitative estimate of drug-likeness (QED) is 0.844. The van der Waals surface area contributed by atoms with E-state index in [1.165, 1.54) is 0 Å². The fourth-order valence-electron chi connectivity index (χ4n) is 1.15. The van der Waals surface area contributed by atoms with Crippen molar-refractivity contribution in [2.75, 3.05) is 18.6 Å². The summed E-state index contributed by atoms with van der Waals surface area (Å²) in [7, 11) is 0. The van der Waals surface area contributed by atoms with Crippen molar-refractivity contribution >= 4 is 33.6 Å². The molecule has 1 N–H and O–H groups in total. The van der Waals surface area contributed by atoms with Gasteiger partial charge in [0.05, 0.1) is 0 Å². The van der Waals surface area contributed by atoms with Gasteiger partial charge in [-0.15, -0.1) is 0 Å². The maximum atomic E-state index is 11.6. The standard InChI is InChI=1S/C11H14BrNOS/c1-15-7-3-6-13-11(14)9-4-2-5-10(12)8-9/h2,4-5,8H,3,6-7H2,1H3,(H,13,14). The van der Waals surface area contributed by atoms with Gasteiger partial charge in [0.25, 0.3) is 5.91 Å². The molecule has 15 heavy (non-hydrogen) atoms. The van der Waals surface area contributed by atoms with E-state index in [9.17, 15) is 4.79 Å². The monoisotopic (exact) mass is 287 g/mol. The molecule has 0 aromatic heterocycles. The van der Waals surface area contributed by atoms with Gasteiger partial charge in [0.15, 0.2) is 0 Å². The van der Waals surface area contributed by atoms with Crippen LogP contribution in [0.15, 0.2) is 28.7 Å². The van der Waals surface area contributed by atoms with Crippen LogP contribution in [0, 0.1) is 0 Å². The van der Waals surface area contributed by atoms with E-state index in [0.717, 1.165) is 23.2 Å². The Hall–Kier alpha value is -0.480. The summed E-state index contributed by atoms with van der Waals surface area (Å²) in [6.45, 7) is 0.742. The number of rotatable bonds is 5. The number of halogens is 1. The molecule has 4 heteroatoms. The number of hydrogen-bond acceptors (Lipinski definition) is 2. The minimum Gasteiger partial charge on any atom is -0.352 e. The molecule has 0 saturated carbocycles. The first-order valence-corrected chi connectivity index (χ1v) is 6.95. The highest BCUT2D eigenvalue weighted by Crippen LogP contribution is 2.11. The van der Waals surface area contributed by atoms with Crippen LogP contribution in [0.2, 0.25) is 0 Å². The fourth-order valence-corrected chi connectivity index (χ4v) is 1.98. The van der Waals surface area contributed by atoms with Crippen LogP contribution in [0.4, 0.5) is 0 Å². The molecular weight excluding hydrogens is 274 g/mol. The molecule has 0 unspecified atom stereocenters. The average molecular weight is 288 g/mol. The van der Waals surface area contributed by atoms with Crippen LogP contribution in [-0.2, 0) is 0 Å². The Morgan fingerprint density at radius 2 is 2.33 bits per heavy atom. The minimum atomic E-state index is -0.00240. The maximum Gasteiger partial charge on any atom is 0.251 e. The Morgan fingerprint density at radius 1 is 1.53 bits per heavy atom. The van der Waals surface area contributed by atoms with Crippen LogP contribution in [0.3, 0.4) is 0 Å². The molecule has 0 saturated heterocycles. The van der Waals surface area contributed by atoms with E-state index >= 15 is 0 Å². The second-order valence-corrected chi connectivity index (χ2v) is 5.01. The summed E-state index contributed by atoms with van der Waals surface area (Å²) in [4.78, 5) is 11.6. The second-order valence-electron chi connectivity index (χ2n) is 3.11. The molecule has 0 bridgehead atoms. The topological polar surface area (TPSA) is 29.1 Å². The molecule has 0 heterocycles. The van der Waals surface area contributed by atoms with Gasteiger partial charge in [-0.05, 0) is 36.6 Å². The minimum absolute atomic E-state index is 0.00240. The number of carbonyl (C=O) groups is 1. The lowest BCUT2D eigenvalue weighted by Gasteiger charge is -2.04. The van der Waals surface area contributed by atoms with Gasteiger partial charge in [-0.2, -0.15) is 11.8 Å². The second kappa shape index (κ2) is 6.90. The summed E-state index contributed by atoms with van der Waals surface area (Å²) in [5.41, 5.74) is 0.702. The number of amides is 1. The Morgan fingerprint density at radius 3 is 3.00 bits per heavy atom. The third-order valence-electron chi connectivity index (χ3n) is 1.90. The summed E-state index contributed by atoms with van der Waals surface area (Å²) in [5.74, 6) is 1.08. The molecule has 1 aromatic rings. The van der Waals surface area contributed by atoms with Crippen molar-refractivity contribution in [3.05, 3.63) is 34.3 Å². The Kier molecular flexibility index (Phi) is 5.79. The van der Waals surface area contributed by atoms with E-state index in [1.54, 1.807) is 11.8 Å². The molecule has 0 atom stereocenters. The van der Waals surface area contributed by atoms with Gasteiger partial charge in [0.1, 0.15) is 0 Å². The lowest BCUT2D eigenvalue weighted by Crippen LogP contribution is -2.24. The molecule has 0 aliphatic rings. The molecular formula is C11H14BrNOS. The van der Waals surface area contributed by atoms with Crippen molar-refractivity contribution in [1.82, 2.24) is 5.32 Å². The first-order valence-electron chi connectivity index (χ1n) is 4.76. The summed E-state index contributed by atoms with van der Waals surface area (Å²) >= 11 is 5.13. The van der Waals surface area contributed by atoms with E-state index < -0.39 is 0 Å². The van der Waals surface area contributed by atoms with E-state index in [4.69, 9.17) is 0 Å². The number of thioether (sulfide) groups is 1. The van der Waals surface area contributed by atoms with Gasteiger partial charge in [-0.1, -0.05) is 22.0 Å².